The van der Waals surface area contributed by atoms with Crippen LogP contribution in [0.4, 0.5) is 0 Å². The first-order chi connectivity index (χ1) is 7.00. The van der Waals surface area contributed by atoms with Crippen LogP contribution in [0.15, 0.2) is 18.2 Å². The molecule has 0 heterocycles. The molecule has 2 atom stereocenters. The van der Waals surface area contributed by atoms with Gasteiger partial charge in [0.05, 0.1) is 0 Å². The molecule has 0 aliphatic rings. The first-order valence-corrected chi connectivity index (χ1v) is 6.22. The normalized spacial score (nSPS) is 13.7. The van der Waals surface area contributed by atoms with E-state index in [1.54, 1.807) is 18.2 Å². The van der Waals surface area contributed by atoms with Gasteiger partial charge in [0.25, 0.3) is 5.85 Å². The quantitative estimate of drug-likeness (QED) is 0.849. The zero-order valence-electron chi connectivity index (χ0n) is 7.98. The third-order valence-corrected chi connectivity index (χ3v) is 3.25. The summed E-state index contributed by atoms with van der Waals surface area (Å²) in [5.41, 5.74) is 0.685. The minimum absolute atomic E-state index is 0.0934. The summed E-state index contributed by atoms with van der Waals surface area (Å²) in [6, 6.07) is 4.94. The van der Waals surface area contributed by atoms with E-state index in [-0.39, 0.29) is 6.61 Å². The van der Waals surface area contributed by atoms with Crippen molar-refractivity contribution in [2.24, 2.45) is 0 Å². The highest BCUT2D eigenvalue weighted by molar-refractivity contribution is 7.39. The average Bonchev–Trinajstić information content (AvgIpc) is 2.15. The van der Waals surface area contributed by atoms with Gasteiger partial charge < -0.3 is 5.11 Å². The van der Waals surface area contributed by atoms with E-state index in [1.807, 2.05) is 0 Å². The predicted molar refractivity (Wildman–Crippen MR) is 60.5 cm³/mol. The Morgan fingerprint density at radius 2 is 2.20 bits per heavy atom. The molecule has 0 spiro atoms. The molecule has 1 aromatic carbocycles. The van der Waals surface area contributed by atoms with Crippen LogP contribution >= 0.6 is 31.2 Å². The molecule has 0 fully saturated rings. The van der Waals surface area contributed by atoms with Crippen molar-refractivity contribution in [3.8, 4) is 0 Å². The molecule has 0 aliphatic carbocycles. The van der Waals surface area contributed by atoms with Crippen molar-refractivity contribution in [1.29, 1.82) is 0 Å². The molecular weight excluding hydrogens is 258 g/mol. The standard InChI is InChI=1S/C9H10Cl2O3P/c1-6(12)15(13)14-5-7-2-3-8(10)4-9(7)11/h2-4,6,12H,5H2,1H3/q+1. The van der Waals surface area contributed by atoms with E-state index in [2.05, 4.69) is 0 Å². The number of halogens is 2. The number of hydrogen-bond donors (Lipinski definition) is 1. The Bertz CT molecular complexity index is 368. The van der Waals surface area contributed by atoms with Gasteiger partial charge in [0.15, 0.2) is 0 Å². The Labute approximate surface area is 98.8 Å². The molecule has 1 aromatic rings. The number of aliphatic hydroxyl groups excluding tert-OH is 1. The Hall–Kier alpha value is -0.180. The lowest BCUT2D eigenvalue weighted by atomic mass is 10.2. The molecule has 0 saturated carbocycles. The maximum atomic E-state index is 11.1. The van der Waals surface area contributed by atoms with Gasteiger partial charge >= 0.3 is 8.03 Å². The van der Waals surface area contributed by atoms with Crippen molar-refractivity contribution in [2.75, 3.05) is 0 Å². The van der Waals surface area contributed by atoms with E-state index in [1.165, 1.54) is 6.92 Å². The highest BCUT2D eigenvalue weighted by Crippen LogP contribution is 2.30. The van der Waals surface area contributed by atoms with Crippen molar-refractivity contribution in [3.05, 3.63) is 33.8 Å². The summed E-state index contributed by atoms with van der Waals surface area (Å²) < 4.78 is 16.0. The van der Waals surface area contributed by atoms with Gasteiger partial charge in [0, 0.05) is 22.5 Å². The molecule has 0 radical (unpaired) electrons. The second-order valence-electron chi connectivity index (χ2n) is 2.93. The molecule has 1 rings (SSSR count). The molecule has 3 nitrogen and oxygen atoms in total. The monoisotopic (exact) mass is 267 g/mol. The summed E-state index contributed by atoms with van der Waals surface area (Å²) in [5.74, 6) is -0.980. The first kappa shape index (κ1) is 12.9. The highest BCUT2D eigenvalue weighted by Gasteiger charge is 2.25. The van der Waals surface area contributed by atoms with Crippen molar-refractivity contribution >= 4 is 31.2 Å². The molecule has 15 heavy (non-hydrogen) atoms. The van der Waals surface area contributed by atoms with E-state index < -0.39 is 13.9 Å². The fourth-order valence-electron chi connectivity index (χ4n) is 0.880. The maximum absolute atomic E-state index is 11.1. The number of hydrogen-bond acceptors (Lipinski definition) is 3. The van der Waals surface area contributed by atoms with Gasteiger partial charge in [0.1, 0.15) is 6.61 Å². The molecule has 0 amide bonds. The predicted octanol–water partition coefficient (Wildman–Crippen LogP) is 3.59. The van der Waals surface area contributed by atoms with Crippen LogP contribution in [0.2, 0.25) is 10.0 Å². The number of aliphatic hydroxyl groups is 1. The highest BCUT2D eigenvalue weighted by atomic mass is 35.5. The first-order valence-electron chi connectivity index (χ1n) is 4.22. The lowest BCUT2D eigenvalue weighted by Gasteiger charge is -2.00. The Balaban J connectivity index is 2.62. The lowest BCUT2D eigenvalue weighted by molar-refractivity contribution is 0.228. The minimum atomic E-state index is -2.07. The minimum Gasteiger partial charge on any atom is -0.349 e. The maximum Gasteiger partial charge on any atom is 0.540 e. The molecule has 6 heteroatoms. The summed E-state index contributed by atoms with van der Waals surface area (Å²) in [6.07, 6.45) is 0. The van der Waals surface area contributed by atoms with Crippen molar-refractivity contribution in [3.63, 3.8) is 0 Å². The van der Waals surface area contributed by atoms with E-state index in [9.17, 15) is 4.57 Å². The average molecular weight is 268 g/mol. The van der Waals surface area contributed by atoms with Gasteiger partial charge in [0.2, 0.25) is 0 Å². The molecule has 2 unspecified atom stereocenters. The molecular formula is C9H10Cl2O3P+. The fourth-order valence-corrected chi connectivity index (χ4v) is 1.82. The van der Waals surface area contributed by atoms with Crippen molar-refractivity contribution in [1.82, 2.24) is 0 Å². The van der Waals surface area contributed by atoms with Crippen molar-refractivity contribution < 1.29 is 14.2 Å². The molecule has 0 aliphatic heterocycles. The SMILES string of the molecule is CC(O)[P+](=O)OCc1ccc(Cl)cc1Cl. The third kappa shape index (κ3) is 4.06. The van der Waals surface area contributed by atoms with Crippen LogP contribution in [0, 0.1) is 0 Å². The topological polar surface area (TPSA) is 46.5 Å². The van der Waals surface area contributed by atoms with E-state index >= 15 is 0 Å². The molecule has 82 valence electrons. The Kier molecular flexibility index (Phi) is 4.97. The summed E-state index contributed by atoms with van der Waals surface area (Å²) in [7, 11) is -2.07. The molecule has 0 aromatic heterocycles. The summed E-state index contributed by atoms with van der Waals surface area (Å²) in [4.78, 5) is 0. The van der Waals surface area contributed by atoms with Crippen molar-refractivity contribution in [2.45, 2.75) is 19.4 Å². The van der Waals surface area contributed by atoms with Gasteiger partial charge in [-0.15, -0.1) is 4.52 Å². The number of rotatable bonds is 4. The summed E-state index contributed by atoms with van der Waals surface area (Å²) in [5, 5.41) is 9.94. The molecule has 0 saturated heterocycles. The van der Waals surface area contributed by atoms with Crippen LogP contribution in [-0.4, -0.2) is 11.0 Å². The van der Waals surface area contributed by atoms with Crippen LogP contribution in [0.25, 0.3) is 0 Å². The Morgan fingerprint density at radius 3 is 2.73 bits per heavy atom. The summed E-state index contributed by atoms with van der Waals surface area (Å²) in [6.45, 7) is 1.50. The zero-order chi connectivity index (χ0) is 11.4. The third-order valence-electron chi connectivity index (χ3n) is 1.67. The second-order valence-corrected chi connectivity index (χ2v) is 5.35. The largest absolute Gasteiger partial charge is 0.540 e. The van der Waals surface area contributed by atoms with Crippen LogP contribution in [0.1, 0.15) is 12.5 Å². The smallest absolute Gasteiger partial charge is 0.349 e. The Morgan fingerprint density at radius 1 is 1.53 bits per heavy atom. The molecule has 0 bridgehead atoms. The fraction of sp³-hybridized carbons (Fsp3) is 0.333. The molecule has 1 N–H and O–H groups in total. The van der Waals surface area contributed by atoms with E-state index in [0.717, 1.165) is 0 Å². The van der Waals surface area contributed by atoms with Gasteiger partial charge in [-0.05, 0) is 16.7 Å². The zero-order valence-corrected chi connectivity index (χ0v) is 10.4. The van der Waals surface area contributed by atoms with Crippen LogP contribution < -0.4 is 0 Å². The van der Waals surface area contributed by atoms with E-state index in [4.69, 9.17) is 32.8 Å². The lowest BCUT2D eigenvalue weighted by Crippen LogP contribution is -1.95. The summed E-state index contributed by atoms with van der Waals surface area (Å²) >= 11 is 11.6. The van der Waals surface area contributed by atoms with Gasteiger partial charge in [-0.2, -0.15) is 0 Å². The van der Waals surface area contributed by atoms with Gasteiger partial charge in [-0.1, -0.05) is 29.3 Å². The van der Waals surface area contributed by atoms with Gasteiger partial charge in [-0.25, -0.2) is 0 Å². The van der Waals surface area contributed by atoms with Gasteiger partial charge in [-0.3, -0.25) is 0 Å². The number of benzene rings is 1. The van der Waals surface area contributed by atoms with Crippen LogP contribution in [0.3, 0.4) is 0 Å². The van der Waals surface area contributed by atoms with Crippen LogP contribution in [0.5, 0.6) is 0 Å². The second kappa shape index (κ2) is 5.78. The van der Waals surface area contributed by atoms with E-state index in [0.29, 0.717) is 15.6 Å². The van der Waals surface area contributed by atoms with Crippen LogP contribution in [-0.2, 0) is 15.7 Å².